The van der Waals surface area contributed by atoms with Crippen LogP contribution in [0.2, 0.25) is 0 Å². The van der Waals surface area contributed by atoms with Gasteiger partial charge >= 0.3 is 6.18 Å². The summed E-state index contributed by atoms with van der Waals surface area (Å²) in [5.74, 6) is 0. The Kier molecular flexibility index (Phi) is 2.18. The molecule has 4 nitrogen and oxygen atoms in total. The van der Waals surface area contributed by atoms with Gasteiger partial charge in [0.15, 0.2) is 11.3 Å². The van der Waals surface area contributed by atoms with Gasteiger partial charge in [-0.3, -0.25) is 9.78 Å². The Hall–Kier alpha value is -1.92. The van der Waals surface area contributed by atoms with Gasteiger partial charge in [-0.05, 0) is 13.0 Å². The van der Waals surface area contributed by atoms with Gasteiger partial charge in [0.1, 0.15) is 5.52 Å². The zero-order valence-corrected chi connectivity index (χ0v) is 8.09. The molecule has 0 fully saturated rings. The number of aryl methyl sites for hydroxylation is 1. The molecule has 0 saturated heterocycles. The third-order valence-electron chi connectivity index (χ3n) is 2.03. The molecule has 2 rings (SSSR count). The number of rotatable bonds is 0. The van der Waals surface area contributed by atoms with E-state index in [1.807, 2.05) is 0 Å². The Balaban J connectivity index is 2.72. The van der Waals surface area contributed by atoms with Crippen LogP contribution in [-0.4, -0.2) is 15.0 Å². The second-order valence-corrected chi connectivity index (χ2v) is 3.27. The van der Waals surface area contributed by atoms with Gasteiger partial charge in [0.2, 0.25) is 0 Å². The minimum Gasteiger partial charge on any atom is -0.305 e. The lowest BCUT2D eigenvalue weighted by Crippen LogP contribution is -2.13. The molecule has 7 heteroatoms. The SMILES string of the molecule is Cc1cc2ncc(C(F)(F)F)nc2[nH]c1=O. The van der Waals surface area contributed by atoms with Crippen LogP contribution < -0.4 is 5.56 Å². The molecule has 2 aromatic rings. The lowest BCUT2D eigenvalue weighted by atomic mass is 10.3. The molecule has 0 atom stereocenters. The molecule has 1 N–H and O–H groups in total. The highest BCUT2D eigenvalue weighted by molar-refractivity contribution is 5.69. The maximum Gasteiger partial charge on any atom is 0.434 e. The highest BCUT2D eigenvalue weighted by atomic mass is 19.4. The Labute approximate surface area is 87.2 Å². The van der Waals surface area contributed by atoms with Crippen LogP contribution in [0.4, 0.5) is 13.2 Å². The number of aromatic nitrogens is 3. The number of fused-ring (bicyclic) bond motifs is 1. The van der Waals surface area contributed by atoms with Crippen LogP contribution in [-0.2, 0) is 6.18 Å². The van der Waals surface area contributed by atoms with Gasteiger partial charge < -0.3 is 4.98 Å². The van der Waals surface area contributed by atoms with Crippen LogP contribution in [0.15, 0.2) is 17.1 Å². The van der Waals surface area contributed by atoms with E-state index in [0.29, 0.717) is 11.8 Å². The van der Waals surface area contributed by atoms with Gasteiger partial charge in [-0.1, -0.05) is 0 Å². The fraction of sp³-hybridized carbons (Fsp3) is 0.222. The van der Waals surface area contributed by atoms with Gasteiger partial charge in [-0.2, -0.15) is 13.2 Å². The maximum atomic E-state index is 12.3. The van der Waals surface area contributed by atoms with Gasteiger partial charge in [-0.25, -0.2) is 4.98 Å². The maximum absolute atomic E-state index is 12.3. The summed E-state index contributed by atoms with van der Waals surface area (Å²) >= 11 is 0. The molecule has 0 aromatic carbocycles. The number of pyridine rings is 1. The number of alkyl halides is 3. The van der Waals surface area contributed by atoms with Crippen molar-refractivity contribution in [3.05, 3.63) is 33.9 Å². The molecule has 16 heavy (non-hydrogen) atoms. The number of H-pyrrole nitrogens is 1. The molecule has 84 valence electrons. The zero-order valence-electron chi connectivity index (χ0n) is 8.09. The number of halogens is 3. The second kappa shape index (κ2) is 3.29. The normalized spacial score (nSPS) is 12.0. The minimum absolute atomic E-state index is 0.162. The predicted octanol–water partition coefficient (Wildman–Crippen LogP) is 1.65. The molecule has 0 amide bonds. The number of nitrogens with zero attached hydrogens (tertiary/aromatic N) is 2. The quantitative estimate of drug-likeness (QED) is 0.747. The first-order chi connectivity index (χ1) is 7.38. The average molecular weight is 229 g/mol. The van der Waals surface area contributed by atoms with Crippen LogP contribution in [0, 0.1) is 6.92 Å². The number of nitrogens with one attached hydrogen (secondary N) is 1. The van der Waals surface area contributed by atoms with Crippen molar-refractivity contribution in [2.24, 2.45) is 0 Å². The van der Waals surface area contributed by atoms with E-state index in [0.717, 1.165) is 0 Å². The third-order valence-corrected chi connectivity index (χ3v) is 2.03. The first-order valence-corrected chi connectivity index (χ1v) is 4.32. The fourth-order valence-corrected chi connectivity index (χ4v) is 1.21. The summed E-state index contributed by atoms with van der Waals surface area (Å²) in [5, 5.41) is 0. The Morgan fingerprint density at radius 1 is 1.38 bits per heavy atom. The second-order valence-electron chi connectivity index (χ2n) is 3.27. The molecular formula is C9H6F3N3O. The summed E-state index contributed by atoms with van der Waals surface area (Å²) in [6.07, 6.45) is -3.93. The van der Waals surface area contributed by atoms with Crippen molar-refractivity contribution >= 4 is 11.2 Å². The van der Waals surface area contributed by atoms with Gasteiger partial charge in [-0.15, -0.1) is 0 Å². The highest BCUT2D eigenvalue weighted by Gasteiger charge is 2.33. The van der Waals surface area contributed by atoms with Crippen molar-refractivity contribution in [2.75, 3.05) is 0 Å². The fourth-order valence-electron chi connectivity index (χ4n) is 1.21. The summed E-state index contributed by atoms with van der Waals surface area (Å²) in [5.41, 5.74) is -1.15. The van der Waals surface area contributed by atoms with Crippen molar-refractivity contribution in [1.82, 2.24) is 15.0 Å². The summed E-state index contributed by atoms with van der Waals surface area (Å²) in [7, 11) is 0. The molecule has 0 saturated carbocycles. The summed E-state index contributed by atoms with van der Waals surface area (Å²) in [6, 6.07) is 1.39. The van der Waals surface area contributed by atoms with Crippen LogP contribution >= 0.6 is 0 Å². The molecule has 0 aliphatic carbocycles. The van der Waals surface area contributed by atoms with Crippen molar-refractivity contribution in [1.29, 1.82) is 0 Å². The molecule has 2 heterocycles. The topological polar surface area (TPSA) is 58.6 Å². The van der Waals surface area contributed by atoms with E-state index in [1.54, 1.807) is 0 Å². The molecule has 0 spiro atoms. The molecule has 2 aromatic heterocycles. The molecule has 0 unspecified atom stereocenters. The molecule has 0 radical (unpaired) electrons. The summed E-state index contributed by atoms with van der Waals surface area (Å²) < 4.78 is 36.9. The van der Waals surface area contributed by atoms with Gasteiger partial charge in [0.25, 0.3) is 5.56 Å². The van der Waals surface area contributed by atoms with Crippen molar-refractivity contribution in [3.63, 3.8) is 0 Å². The predicted molar refractivity (Wildman–Crippen MR) is 49.9 cm³/mol. The highest BCUT2D eigenvalue weighted by Crippen LogP contribution is 2.27. The molecule has 0 bridgehead atoms. The third kappa shape index (κ3) is 1.75. The largest absolute Gasteiger partial charge is 0.434 e. The van der Waals surface area contributed by atoms with Crippen LogP contribution in [0.5, 0.6) is 0 Å². The minimum atomic E-state index is -4.57. The van der Waals surface area contributed by atoms with E-state index in [1.165, 1.54) is 13.0 Å². The number of hydrogen-bond acceptors (Lipinski definition) is 3. The smallest absolute Gasteiger partial charge is 0.305 e. The van der Waals surface area contributed by atoms with E-state index in [9.17, 15) is 18.0 Å². The zero-order chi connectivity index (χ0) is 11.9. The Morgan fingerprint density at radius 2 is 2.06 bits per heavy atom. The lowest BCUT2D eigenvalue weighted by molar-refractivity contribution is -0.141. The van der Waals surface area contributed by atoms with Crippen molar-refractivity contribution < 1.29 is 13.2 Å². The van der Waals surface area contributed by atoms with Gasteiger partial charge in [0, 0.05) is 5.56 Å². The Morgan fingerprint density at radius 3 is 2.69 bits per heavy atom. The molecule has 0 aliphatic heterocycles. The lowest BCUT2D eigenvalue weighted by Gasteiger charge is -2.05. The first-order valence-electron chi connectivity index (χ1n) is 4.32. The van der Waals surface area contributed by atoms with E-state index < -0.39 is 17.4 Å². The average Bonchev–Trinajstić information content (AvgIpc) is 2.17. The standard InChI is InChI=1S/C9H6F3N3O/c1-4-2-5-7(15-8(4)16)14-6(3-13-5)9(10,11)12/h2-3H,1H3,(H,14,15,16). The van der Waals surface area contributed by atoms with E-state index in [4.69, 9.17) is 0 Å². The van der Waals surface area contributed by atoms with Crippen molar-refractivity contribution in [3.8, 4) is 0 Å². The van der Waals surface area contributed by atoms with E-state index in [-0.39, 0.29) is 11.2 Å². The van der Waals surface area contributed by atoms with E-state index in [2.05, 4.69) is 15.0 Å². The monoisotopic (exact) mass is 229 g/mol. The van der Waals surface area contributed by atoms with Gasteiger partial charge in [0.05, 0.1) is 6.20 Å². The van der Waals surface area contributed by atoms with Crippen LogP contribution in [0.3, 0.4) is 0 Å². The Bertz CT molecular complexity index is 603. The van der Waals surface area contributed by atoms with Crippen LogP contribution in [0.1, 0.15) is 11.3 Å². The number of aromatic amines is 1. The summed E-state index contributed by atoms with van der Waals surface area (Å²) in [4.78, 5) is 20.3. The van der Waals surface area contributed by atoms with Crippen molar-refractivity contribution in [2.45, 2.75) is 13.1 Å². The molecular weight excluding hydrogens is 223 g/mol. The first kappa shape index (κ1) is 10.6. The summed E-state index contributed by atoms with van der Waals surface area (Å²) in [6.45, 7) is 1.54. The molecule has 0 aliphatic rings. The number of hydrogen-bond donors (Lipinski definition) is 1. The van der Waals surface area contributed by atoms with Crippen LogP contribution in [0.25, 0.3) is 11.2 Å². The van der Waals surface area contributed by atoms with E-state index >= 15 is 0 Å².